The molecule has 0 fully saturated rings. The number of rotatable bonds is 1. The van der Waals surface area contributed by atoms with Crippen LogP contribution < -0.4 is 0 Å². The lowest BCUT2D eigenvalue weighted by Gasteiger charge is -2.04. The molecule has 0 spiro atoms. The molecule has 66 valence electrons. The second-order valence-electron chi connectivity index (χ2n) is 1.96. The highest BCUT2D eigenvalue weighted by atomic mass is 79.9. The molecule has 12 heavy (non-hydrogen) atoms. The molecule has 0 amide bonds. The number of pyridine rings is 1. The summed E-state index contributed by atoms with van der Waals surface area (Å²) in [5, 5.41) is 8.78. The smallest absolute Gasteiger partial charge is 0.270 e. The lowest BCUT2D eigenvalue weighted by Crippen LogP contribution is -1.94. The van der Waals surface area contributed by atoms with Gasteiger partial charge in [0.2, 0.25) is 0 Å². The van der Waals surface area contributed by atoms with E-state index in [2.05, 4.69) is 20.9 Å². The second kappa shape index (κ2) is 3.30. The van der Waals surface area contributed by atoms with Crippen molar-refractivity contribution in [2.24, 2.45) is 0 Å². The quantitative estimate of drug-likeness (QED) is 0.768. The van der Waals surface area contributed by atoms with Gasteiger partial charge in [-0.05, 0) is 15.9 Å². The van der Waals surface area contributed by atoms with Crippen molar-refractivity contribution in [2.45, 2.75) is 6.43 Å². The van der Waals surface area contributed by atoms with Gasteiger partial charge in [0.25, 0.3) is 6.43 Å². The van der Waals surface area contributed by atoms with Crippen LogP contribution in [0.3, 0.4) is 0 Å². The zero-order valence-corrected chi connectivity index (χ0v) is 7.15. The molecule has 6 heteroatoms. The van der Waals surface area contributed by atoms with Crippen molar-refractivity contribution in [1.29, 1.82) is 0 Å². The van der Waals surface area contributed by atoms with E-state index in [4.69, 9.17) is 5.11 Å². The van der Waals surface area contributed by atoms with Crippen LogP contribution in [0.5, 0.6) is 5.75 Å². The Hall–Kier alpha value is -0.780. The lowest BCUT2D eigenvalue weighted by molar-refractivity contribution is 0.141. The monoisotopic (exact) mass is 241 g/mol. The van der Waals surface area contributed by atoms with Crippen LogP contribution in [0.15, 0.2) is 10.8 Å². The summed E-state index contributed by atoms with van der Waals surface area (Å²) in [6.45, 7) is 0. The largest absolute Gasteiger partial charge is 0.506 e. The van der Waals surface area contributed by atoms with Gasteiger partial charge in [-0.25, -0.2) is 18.2 Å². The maximum atomic E-state index is 12.8. The molecule has 0 bridgehead atoms. The summed E-state index contributed by atoms with van der Waals surface area (Å²) >= 11 is 2.62. The predicted octanol–water partition coefficient (Wildman–Crippen LogP) is 2.63. The number of hydrogen-bond acceptors (Lipinski definition) is 2. The topological polar surface area (TPSA) is 33.1 Å². The Labute approximate surface area is 74.2 Å². The molecule has 0 aliphatic rings. The van der Waals surface area contributed by atoms with E-state index in [9.17, 15) is 13.2 Å². The van der Waals surface area contributed by atoms with E-state index >= 15 is 0 Å². The second-order valence-corrected chi connectivity index (χ2v) is 2.71. The van der Waals surface area contributed by atoms with Gasteiger partial charge in [0.15, 0.2) is 5.82 Å². The number of aromatic nitrogens is 1. The first-order valence-corrected chi connectivity index (χ1v) is 3.64. The first-order valence-electron chi connectivity index (χ1n) is 2.85. The Morgan fingerprint density at radius 1 is 1.50 bits per heavy atom. The number of nitrogens with zero attached hydrogens (tertiary/aromatic N) is 1. The van der Waals surface area contributed by atoms with Gasteiger partial charge in [-0.3, -0.25) is 0 Å². The maximum absolute atomic E-state index is 12.8. The van der Waals surface area contributed by atoms with Gasteiger partial charge in [-0.1, -0.05) is 0 Å². The van der Waals surface area contributed by atoms with Gasteiger partial charge in [0, 0.05) is 0 Å². The molecule has 1 aromatic heterocycles. The summed E-state index contributed by atoms with van der Waals surface area (Å²) in [6, 6.07) is 0. The van der Waals surface area contributed by atoms with Crippen molar-refractivity contribution in [1.82, 2.24) is 4.98 Å². The average molecular weight is 242 g/mol. The Kier molecular flexibility index (Phi) is 2.56. The van der Waals surface area contributed by atoms with Crippen LogP contribution in [0.2, 0.25) is 0 Å². The van der Waals surface area contributed by atoms with Crippen molar-refractivity contribution >= 4 is 15.9 Å². The van der Waals surface area contributed by atoms with Gasteiger partial charge in [0.05, 0.1) is 11.8 Å². The van der Waals surface area contributed by atoms with Crippen molar-refractivity contribution in [2.75, 3.05) is 0 Å². The molecule has 0 saturated carbocycles. The zero-order valence-electron chi connectivity index (χ0n) is 5.56. The molecule has 1 aromatic rings. The number of halogens is 4. The minimum atomic E-state index is -3.05. The molecule has 0 aliphatic carbocycles. The summed E-state index contributed by atoms with van der Waals surface area (Å²) in [6.07, 6.45) is -2.29. The third kappa shape index (κ3) is 1.52. The van der Waals surface area contributed by atoms with Crippen molar-refractivity contribution < 1.29 is 18.3 Å². The maximum Gasteiger partial charge on any atom is 0.270 e. The first kappa shape index (κ1) is 9.31. The van der Waals surface area contributed by atoms with Crippen LogP contribution in [0, 0.1) is 5.82 Å². The third-order valence-electron chi connectivity index (χ3n) is 1.21. The zero-order chi connectivity index (χ0) is 9.30. The Bertz CT molecular complexity index is 305. The van der Waals surface area contributed by atoms with E-state index in [1.165, 1.54) is 0 Å². The van der Waals surface area contributed by atoms with Crippen LogP contribution in [-0.4, -0.2) is 10.1 Å². The highest BCUT2D eigenvalue weighted by Gasteiger charge is 2.21. The molecule has 0 radical (unpaired) electrons. The fourth-order valence-electron chi connectivity index (χ4n) is 0.675. The van der Waals surface area contributed by atoms with Gasteiger partial charge < -0.3 is 5.11 Å². The van der Waals surface area contributed by atoms with Crippen LogP contribution in [0.25, 0.3) is 0 Å². The summed E-state index contributed by atoms with van der Waals surface area (Å²) in [5.74, 6) is -2.07. The number of hydrogen-bond donors (Lipinski definition) is 1. The molecule has 0 atom stereocenters. The molecule has 0 saturated heterocycles. The van der Waals surface area contributed by atoms with Crippen LogP contribution >= 0.6 is 15.9 Å². The minimum Gasteiger partial charge on any atom is -0.506 e. The van der Waals surface area contributed by atoms with E-state index in [0.717, 1.165) is 6.20 Å². The fraction of sp³-hybridized carbons (Fsp3) is 0.167. The number of aromatic hydroxyl groups is 1. The van der Waals surface area contributed by atoms with E-state index in [1.807, 2.05) is 0 Å². The summed E-state index contributed by atoms with van der Waals surface area (Å²) < 4.78 is 36.5. The normalized spacial score (nSPS) is 10.8. The van der Waals surface area contributed by atoms with Gasteiger partial charge in [-0.2, -0.15) is 0 Å². The van der Waals surface area contributed by atoms with Crippen LogP contribution in [0.1, 0.15) is 12.0 Å². The molecule has 0 aromatic carbocycles. The number of alkyl halides is 2. The highest BCUT2D eigenvalue weighted by Crippen LogP contribution is 2.32. The van der Waals surface area contributed by atoms with E-state index < -0.39 is 23.6 Å². The fourth-order valence-corrected chi connectivity index (χ4v) is 0.991. The van der Waals surface area contributed by atoms with E-state index in [0.29, 0.717) is 0 Å². The van der Waals surface area contributed by atoms with Crippen molar-refractivity contribution in [3.63, 3.8) is 0 Å². The average Bonchev–Trinajstić information content (AvgIpc) is 1.97. The Morgan fingerprint density at radius 2 is 2.08 bits per heavy atom. The van der Waals surface area contributed by atoms with Crippen LogP contribution in [0.4, 0.5) is 13.2 Å². The molecule has 1 rings (SSSR count). The van der Waals surface area contributed by atoms with E-state index in [-0.39, 0.29) is 4.60 Å². The SMILES string of the molecule is Oc1cnc(Br)c(F)c1C(F)F. The molecule has 2 nitrogen and oxygen atoms in total. The van der Waals surface area contributed by atoms with Crippen molar-refractivity contribution in [3.05, 3.63) is 22.2 Å². The molecule has 1 heterocycles. The van der Waals surface area contributed by atoms with Gasteiger partial charge >= 0.3 is 0 Å². The molecule has 0 unspecified atom stereocenters. The van der Waals surface area contributed by atoms with Gasteiger partial charge in [-0.15, -0.1) is 0 Å². The highest BCUT2D eigenvalue weighted by molar-refractivity contribution is 9.10. The molecular formula is C6H3BrF3NO. The Morgan fingerprint density at radius 3 is 2.50 bits per heavy atom. The Balaban J connectivity index is 3.33. The minimum absolute atomic E-state index is 0.337. The lowest BCUT2D eigenvalue weighted by atomic mass is 10.2. The van der Waals surface area contributed by atoms with Crippen LogP contribution in [-0.2, 0) is 0 Å². The molecular weight excluding hydrogens is 239 g/mol. The summed E-state index contributed by atoms with van der Waals surface area (Å²) in [7, 11) is 0. The summed E-state index contributed by atoms with van der Waals surface area (Å²) in [5.41, 5.74) is -1.03. The molecule has 1 N–H and O–H groups in total. The van der Waals surface area contributed by atoms with Crippen molar-refractivity contribution in [3.8, 4) is 5.75 Å². The predicted molar refractivity (Wildman–Crippen MR) is 38.5 cm³/mol. The standard InChI is InChI=1S/C6H3BrF3NO/c7-5-4(8)3(6(9)10)2(12)1-11-5/h1,6,12H. The first-order chi connectivity index (χ1) is 5.54. The summed E-state index contributed by atoms with van der Waals surface area (Å²) in [4.78, 5) is 3.28. The van der Waals surface area contributed by atoms with E-state index in [1.54, 1.807) is 0 Å². The molecule has 0 aliphatic heterocycles. The third-order valence-corrected chi connectivity index (χ3v) is 1.76. The van der Waals surface area contributed by atoms with Gasteiger partial charge in [0.1, 0.15) is 10.4 Å².